The number of rotatable bonds is 4. The zero-order valence-corrected chi connectivity index (χ0v) is 10.8. The summed E-state index contributed by atoms with van der Waals surface area (Å²) >= 11 is 0. The van der Waals surface area contributed by atoms with Crippen LogP contribution < -0.4 is 5.32 Å². The van der Waals surface area contributed by atoms with Crippen LogP contribution in [0.3, 0.4) is 0 Å². The molecule has 1 fully saturated rings. The first-order valence-corrected chi connectivity index (χ1v) is 6.19. The minimum absolute atomic E-state index is 0.196. The Morgan fingerprint density at radius 3 is 2.89 bits per heavy atom. The number of nitrogens with one attached hydrogen (secondary N) is 1. The second-order valence-electron chi connectivity index (χ2n) is 4.53. The van der Waals surface area contributed by atoms with Crippen LogP contribution in [-0.4, -0.2) is 31.5 Å². The fourth-order valence-corrected chi connectivity index (χ4v) is 1.94. The van der Waals surface area contributed by atoms with Crippen LogP contribution >= 0.6 is 0 Å². The van der Waals surface area contributed by atoms with Gasteiger partial charge in [-0.3, -0.25) is 4.79 Å². The molecule has 0 aliphatic carbocycles. The first-order chi connectivity index (χ1) is 9.13. The van der Waals surface area contributed by atoms with E-state index in [1.807, 2.05) is 13.0 Å². The van der Waals surface area contributed by atoms with Crippen molar-refractivity contribution >= 4 is 5.91 Å². The van der Waals surface area contributed by atoms with Gasteiger partial charge in [-0.1, -0.05) is 6.07 Å². The lowest BCUT2D eigenvalue weighted by Crippen LogP contribution is -2.33. The third-order valence-corrected chi connectivity index (χ3v) is 3.02. The number of hydrogen-bond donors (Lipinski definition) is 1. The molecule has 2 rings (SSSR count). The van der Waals surface area contributed by atoms with E-state index in [1.165, 1.54) is 0 Å². The zero-order chi connectivity index (χ0) is 13.7. The molecule has 1 N–H and O–H groups in total. The summed E-state index contributed by atoms with van der Waals surface area (Å²) in [5.74, 6) is -0.791. The highest BCUT2D eigenvalue weighted by atomic mass is 16.7. The van der Waals surface area contributed by atoms with E-state index >= 15 is 0 Å². The molecule has 0 unspecified atom stereocenters. The van der Waals surface area contributed by atoms with Crippen molar-refractivity contribution in [3.63, 3.8) is 0 Å². The minimum atomic E-state index is -0.595. The summed E-state index contributed by atoms with van der Waals surface area (Å²) in [6.07, 6.45) is 0.594. The number of benzene rings is 1. The highest BCUT2D eigenvalue weighted by Crippen LogP contribution is 2.21. The van der Waals surface area contributed by atoms with Crippen molar-refractivity contribution in [1.29, 1.82) is 5.26 Å². The Labute approximate surface area is 112 Å². The molecule has 100 valence electrons. The average molecular weight is 260 g/mol. The molecular formula is C14H16N2O3. The summed E-state index contributed by atoms with van der Waals surface area (Å²) in [5.41, 5.74) is 0.958. The molecule has 1 aliphatic rings. The van der Waals surface area contributed by atoms with Gasteiger partial charge in [-0.05, 0) is 25.1 Å². The number of ether oxygens (including phenoxy) is 2. The Balaban J connectivity index is 1.85. The minimum Gasteiger partial charge on any atom is -0.352 e. The highest BCUT2D eigenvalue weighted by Gasteiger charge is 2.30. The van der Waals surface area contributed by atoms with Gasteiger partial charge in [0.1, 0.15) is 0 Å². The molecule has 0 spiro atoms. The van der Waals surface area contributed by atoms with E-state index in [4.69, 9.17) is 14.7 Å². The first-order valence-electron chi connectivity index (χ1n) is 6.19. The lowest BCUT2D eigenvalue weighted by Gasteiger charge is -2.22. The normalized spacial score (nSPS) is 16.8. The molecule has 1 saturated heterocycles. The van der Waals surface area contributed by atoms with E-state index in [0.29, 0.717) is 37.3 Å². The lowest BCUT2D eigenvalue weighted by atomic mass is 10.1. The first kappa shape index (κ1) is 13.5. The molecule has 5 nitrogen and oxygen atoms in total. The number of hydrogen-bond acceptors (Lipinski definition) is 4. The average Bonchev–Trinajstić information content (AvgIpc) is 2.85. The number of nitrogens with zero attached hydrogens (tertiary/aromatic N) is 1. The van der Waals surface area contributed by atoms with Crippen LogP contribution in [0.1, 0.15) is 29.3 Å². The Hall–Kier alpha value is -1.90. The Morgan fingerprint density at radius 1 is 1.47 bits per heavy atom. The number of nitriles is 1. The van der Waals surface area contributed by atoms with Gasteiger partial charge >= 0.3 is 0 Å². The van der Waals surface area contributed by atoms with Crippen molar-refractivity contribution in [3.05, 3.63) is 35.4 Å². The Morgan fingerprint density at radius 2 is 2.21 bits per heavy atom. The Kier molecular flexibility index (Phi) is 4.15. The zero-order valence-electron chi connectivity index (χ0n) is 10.8. The highest BCUT2D eigenvalue weighted by molar-refractivity contribution is 5.94. The molecular weight excluding hydrogens is 244 g/mol. The van der Waals surface area contributed by atoms with Crippen LogP contribution in [0.5, 0.6) is 0 Å². The molecule has 1 heterocycles. The number of amides is 1. The smallest absolute Gasteiger partial charge is 0.251 e. The SMILES string of the molecule is CC1(CCNC(=O)c2cccc(C#N)c2)OCCO1. The van der Waals surface area contributed by atoms with Crippen molar-refractivity contribution in [2.45, 2.75) is 19.1 Å². The van der Waals surface area contributed by atoms with Gasteiger partial charge in [0, 0.05) is 18.5 Å². The number of carbonyl (C=O) groups excluding carboxylic acids is 1. The van der Waals surface area contributed by atoms with Crippen molar-refractivity contribution in [3.8, 4) is 6.07 Å². The van der Waals surface area contributed by atoms with Crippen LogP contribution in [0.2, 0.25) is 0 Å². The second kappa shape index (κ2) is 5.83. The van der Waals surface area contributed by atoms with Gasteiger partial charge in [-0.2, -0.15) is 5.26 Å². The largest absolute Gasteiger partial charge is 0.352 e. The van der Waals surface area contributed by atoms with E-state index in [1.54, 1.807) is 24.3 Å². The van der Waals surface area contributed by atoms with Gasteiger partial charge in [0.25, 0.3) is 5.91 Å². The topological polar surface area (TPSA) is 71.4 Å². The van der Waals surface area contributed by atoms with Crippen molar-refractivity contribution < 1.29 is 14.3 Å². The molecule has 0 saturated carbocycles. The quantitative estimate of drug-likeness (QED) is 0.889. The summed E-state index contributed by atoms with van der Waals surface area (Å²) in [5, 5.41) is 11.6. The second-order valence-corrected chi connectivity index (χ2v) is 4.53. The van der Waals surface area contributed by atoms with Crippen LogP contribution in [0.25, 0.3) is 0 Å². The fraction of sp³-hybridized carbons (Fsp3) is 0.429. The van der Waals surface area contributed by atoms with Crippen molar-refractivity contribution in [2.75, 3.05) is 19.8 Å². The van der Waals surface area contributed by atoms with E-state index in [2.05, 4.69) is 5.32 Å². The molecule has 0 bridgehead atoms. The molecule has 1 amide bonds. The predicted molar refractivity (Wildman–Crippen MR) is 68.4 cm³/mol. The summed E-state index contributed by atoms with van der Waals surface area (Å²) in [7, 11) is 0. The molecule has 0 aromatic heterocycles. The number of carbonyl (C=O) groups is 1. The van der Waals surface area contributed by atoms with Crippen LogP contribution in [0, 0.1) is 11.3 Å². The molecule has 1 aromatic carbocycles. The summed E-state index contributed by atoms with van der Waals surface area (Å²) in [4.78, 5) is 11.9. The standard InChI is InChI=1S/C14H16N2O3/c1-14(18-7-8-19-14)5-6-16-13(17)12-4-2-3-11(9-12)10-15/h2-4,9H,5-8H2,1H3,(H,16,17). The summed E-state index contributed by atoms with van der Waals surface area (Å²) < 4.78 is 10.9. The molecule has 1 aliphatic heterocycles. The third kappa shape index (κ3) is 3.53. The van der Waals surface area contributed by atoms with E-state index in [-0.39, 0.29) is 5.91 Å². The molecule has 0 atom stereocenters. The third-order valence-electron chi connectivity index (χ3n) is 3.02. The van der Waals surface area contributed by atoms with Crippen molar-refractivity contribution in [2.24, 2.45) is 0 Å². The lowest BCUT2D eigenvalue weighted by molar-refractivity contribution is -0.145. The van der Waals surface area contributed by atoms with Gasteiger partial charge < -0.3 is 14.8 Å². The molecule has 0 radical (unpaired) electrons. The van der Waals surface area contributed by atoms with Gasteiger partial charge in [0.2, 0.25) is 0 Å². The van der Waals surface area contributed by atoms with Crippen LogP contribution in [0.4, 0.5) is 0 Å². The predicted octanol–water partition coefficient (Wildman–Crippen LogP) is 1.44. The van der Waals surface area contributed by atoms with Gasteiger partial charge in [-0.15, -0.1) is 0 Å². The Bertz CT molecular complexity index is 502. The summed E-state index contributed by atoms with van der Waals surface area (Å²) in [6, 6.07) is 8.62. The van der Waals surface area contributed by atoms with Crippen LogP contribution in [-0.2, 0) is 9.47 Å². The monoisotopic (exact) mass is 260 g/mol. The van der Waals surface area contributed by atoms with Gasteiger partial charge in [0.15, 0.2) is 5.79 Å². The van der Waals surface area contributed by atoms with Gasteiger partial charge in [-0.25, -0.2) is 0 Å². The van der Waals surface area contributed by atoms with Crippen molar-refractivity contribution in [1.82, 2.24) is 5.32 Å². The maximum absolute atomic E-state index is 11.9. The molecule has 5 heteroatoms. The van der Waals surface area contributed by atoms with Crippen LogP contribution in [0.15, 0.2) is 24.3 Å². The van der Waals surface area contributed by atoms with E-state index < -0.39 is 5.79 Å². The van der Waals surface area contributed by atoms with Gasteiger partial charge in [0.05, 0.1) is 24.8 Å². The van der Waals surface area contributed by atoms with E-state index in [0.717, 1.165) is 0 Å². The molecule has 19 heavy (non-hydrogen) atoms. The maximum atomic E-state index is 11.9. The van der Waals surface area contributed by atoms with E-state index in [9.17, 15) is 4.79 Å². The summed E-state index contributed by atoms with van der Waals surface area (Å²) in [6.45, 7) is 3.51. The molecule has 1 aromatic rings. The fourth-order valence-electron chi connectivity index (χ4n) is 1.94. The maximum Gasteiger partial charge on any atom is 0.251 e.